The zero-order valence-electron chi connectivity index (χ0n) is 20.2. The lowest BCUT2D eigenvalue weighted by Crippen LogP contribution is -2.52. The van der Waals surface area contributed by atoms with Crippen LogP contribution in [0.15, 0.2) is 83.8 Å². The first kappa shape index (κ1) is 25.7. The summed E-state index contributed by atoms with van der Waals surface area (Å²) < 4.78 is 47.6. The van der Waals surface area contributed by atoms with Crippen LogP contribution in [0.5, 0.6) is 5.75 Å². The van der Waals surface area contributed by atoms with Crippen LogP contribution in [0.25, 0.3) is 0 Å². The number of hydrogen-bond acceptors (Lipinski definition) is 5. The van der Waals surface area contributed by atoms with Crippen molar-refractivity contribution in [2.24, 2.45) is 0 Å². The fourth-order valence-electron chi connectivity index (χ4n) is 4.24. The highest BCUT2D eigenvalue weighted by Gasteiger charge is 2.30. The largest absolute Gasteiger partial charge is 0.497 e. The number of carbonyl (C=O) groups is 1. The Morgan fingerprint density at radius 3 is 2.19 bits per heavy atom. The van der Waals surface area contributed by atoms with Gasteiger partial charge in [0.25, 0.3) is 0 Å². The molecule has 36 heavy (non-hydrogen) atoms. The first-order chi connectivity index (χ1) is 17.4. The molecule has 1 fully saturated rings. The summed E-state index contributed by atoms with van der Waals surface area (Å²) in [5.41, 5.74) is 1.49. The molecule has 0 unspecified atom stereocenters. The van der Waals surface area contributed by atoms with Gasteiger partial charge in [-0.05, 0) is 48.4 Å². The minimum atomic E-state index is -3.92. The highest BCUT2D eigenvalue weighted by Crippen LogP contribution is 2.22. The molecule has 0 aromatic heterocycles. The molecule has 1 amide bonds. The van der Waals surface area contributed by atoms with E-state index in [2.05, 4.69) is 0 Å². The average molecular weight is 512 g/mol. The van der Waals surface area contributed by atoms with Crippen LogP contribution in [-0.2, 0) is 21.2 Å². The molecule has 1 aliphatic heterocycles. The van der Waals surface area contributed by atoms with Gasteiger partial charge in [-0.15, -0.1) is 0 Å². The van der Waals surface area contributed by atoms with Crippen molar-refractivity contribution in [1.82, 2.24) is 9.21 Å². The van der Waals surface area contributed by atoms with Crippen LogP contribution >= 0.6 is 0 Å². The van der Waals surface area contributed by atoms with E-state index in [9.17, 15) is 17.6 Å². The summed E-state index contributed by atoms with van der Waals surface area (Å²) >= 11 is 0. The average Bonchev–Trinajstić information content (AvgIpc) is 2.92. The van der Waals surface area contributed by atoms with Crippen molar-refractivity contribution in [3.63, 3.8) is 0 Å². The summed E-state index contributed by atoms with van der Waals surface area (Å²) in [6.45, 7) is 1.63. The Bertz CT molecular complexity index is 1260. The Kier molecular flexibility index (Phi) is 8.22. The van der Waals surface area contributed by atoms with E-state index in [4.69, 9.17) is 4.74 Å². The van der Waals surface area contributed by atoms with Crippen molar-refractivity contribution in [2.75, 3.05) is 51.3 Å². The topological polar surface area (TPSA) is 70.2 Å². The third kappa shape index (κ3) is 6.03. The number of amides is 1. The van der Waals surface area contributed by atoms with Gasteiger partial charge >= 0.3 is 0 Å². The molecule has 190 valence electrons. The fraction of sp³-hybridized carbons (Fsp3) is 0.296. The first-order valence-electron chi connectivity index (χ1n) is 11.8. The molecule has 3 aromatic carbocycles. The molecule has 0 aliphatic carbocycles. The molecule has 0 N–H and O–H groups in total. The fourth-order valence-corrected chi connectivity index (χ4v) is 5.63. The molecular formula is C27H30FN3O4S. The summed E-state index contributed by atoms with van der Waals surface area (Å²) in [6.07, 6.45) is 0.477. The van der Waals surface area contributed by atoms with Crippen LogP contribution in [0.3, 0.4) is 0 Å². The van der Waals surface area contributed by atoms with E-state index in [1.165, 1.54) is 29.6 Å². The highest BCUT2D eigenvalue weighted by molar-refractivity contribution is 7.89. The Morgan fingerprint density at radius 1 is 0.917 bits per heavy atom. The maximum Gasteiger partial charge on any atom is 0.243 e. The van der Waals surface area contributed by atoms with Gasteiger partial charge in [-0.2, -0.15) is 4.31 Å². The van der Waals surface area contributed by atoms with Gasteiger partial charge in [0.05, 0.1) is 24.2 Å². The zero-order valence-corrected chi connectivity index (χ0v) is 21.0. The van der Waals surface area contributed by atoms with Crippen LogP contribution < -0.4 is 9.64 Å². The van der Waals surface area contributed by atoms with Crippen LogP contribution in [0.1, 0.15) is 5.56 Å². The number of sulfonamides is 1. The van der Waals surface area contributed by atoms with Gasteiger partial charge < -0.3 is 14.5 Å². The van der Waals surface area contributed by atoms with Gasteiger partial charge in [-0.1, -0.05) is 42.5 Å². The monoisotopic (exact) mass is 511 g/mol. The second kappa shape index (κ2) is 11.5. The molecule has 4 rings (SSSR count). The highest BCUT2D eigenvalue weighted by atomic mass is 32.2. The predicted octanol–water partition coefficient (Wildman–Crippen LogP) is 3.42. The van der Waals surface area contributed by atoms with E-state index < -0.39 is 10.0 Å². The Hall–Kier alpha value is -3.43. The standard InChI is InChI=1S/C27H30FN3O4S/c1-35-23-11-13-24(14-12-23)36(33,34)31(16-15-22-7-3-2-4-8-22)21-27(32)30-19-17-29(18-20-30)26-10-6-5-9-25(26)28/h2-14H,15-21H2,1H3. The molecule has 1 heterocycles. The number of ether oxygens (including phenoxy) is 1. The van der Waals surface area contributed by atoms with Crippen molar-refractivity contribution in [2.45, 2.75) is 11.3 Å². The lowest BCUT2D eigenvalue weighted by atomic mass is 10.1. The first-order valence-corrected chi connectivity index (χ1v) is 13.3. The minimum absolute atomic E-state index is 0.105. The van der Waals surface area contributed by atoms with Crippen molar-refractivity contribution < 1.29 is 22.3 Å². The molecule has 7 nitrogen and oxygen atoms in total. The van der Waals surface area contributed by atoms with E-state index in [1.807, 2.05) is 35.2 Å². The lowest BCUT2D eigenvalue weighted by molar-refractivity contribution is -0.131. The Morgan fingerprint density at radius 2 is 1.56 bits per heavy atom. The van der Waals surface area contributed by atoms with Crippen molar-refractivity contribution in [3.05, 3.63) is 90.2 Å². The molecule has 0 atom stereocenters. The van der Waals surface area contributed by atoms with Gasteiger partial charge in [0, 0.05) is 32.7 Å². The minimum Gasteiger partial charge on any atom is -0.497 e. The lowest BCUT2D eigenvalue weighted by Gasteiger charge is -2.37. The summed E-state index contributed by atoms with van der Waals surface area (Å²) in [4.78, 5) is 16.9. The van der Waals surface area contributed by atoms with Gasteiger partial charge in [0.1, 0.15) is 11.6 Å². The van der Waals surface area contributed by atoms with Crippen LogP contribution in [0.2, 0.25) is 0 Å². The van der Waals surface area contributed by atoms with E-state index in [0.717, 1.165) is 5.56 Å². The number of nitrogens with zero attached hydrogens (tertiary/aromatic N) is 3. The van der Waals surface area contributed by atoms with E-state index >= 15 is 0 Å². The summed E-state index contributed by atoms with van der Waals surface area (Å²) in [5.74, 6) is -0.0168. The van der Waals surface area contributed by atoms with Gasteiger partial charge in [-0.3, -0.25) is 4.79 Å². The van der Waals surface area contributed by atoms with E-state index in [0.29, 0.717) is 44.0 Å². The number of para-hydroxylation sites is 1. The Balaban J connectivity index is 1.47. The number of rotatable bonds is 9. The maximum absolute atomic E-state index is 14.2. The number of piperazine rings is 1. The number of anilines is 1. The second-order valence-electron chi connectivity index (χ2n) is 8.57. The van der Waals surface area contributed by atoms with E-state index in [-0.39, 0.29) is 29.7 Å². The molecule has 1 saturated heterocycles. The number of methoxy groups -OCH3 is 1. The van der Waals surface area contributed by atoms with Crippen LogP contribution in [-0.4, -0.2) is 69.9 Å². The third-order valence-corrected chi connectivity index (χ3v) is 8.19. The molecule has 3 aromatic rings. The summed E-state index contributed by atoms with van der Waals surface area (Å²) in [5, 5.41) is 0. The van der Waals surface area contributed by atoms with Crippen LogP contribution in [0, 0.1) is 5.82 Å². The smallest absolute Gasteiger partial charge is 0.243 e. The number of hydrogen-bond donors (Lipinski definition) is 0. The third-order valence-electron chi connectivity index (χ3n) is 6.33. The zero-order chi connectivity index (χ0) is 25.5. The normalized spacial score (nSPS) is 14.2. The Labute approximate surface area is 211 Å². The molecular weight excluding hydrogens is 481 g/mol. The quantitative estimate of drug-likeness (QED) is 0.440. The second-order valence-corrected chi connectivity index (χ2v) is 10.5. The molecule has 0 saturated carbocycles. The van der Waals surface area contributed by atoms with Crippen molar-refractivity contribution in [1.29, 1.82) is 0 Å². The predicted molar refractivity (Wildman–Crippen MR) is 137 cm³/mol. The van der Waals surface area contributed by atoms with Crippen molar-refractivity contribution >= 4 is 21.6 Å². The SMILES string of the molecule is COc1ccc(S(=O)(=O)N(CCc2ccccc2)CC(=O)N2CCN(c3ccccc3F)CC2)cc1. The molecule has 1 aliphatic rings. The maximum atomic E-state index is 14.2. The van der Waals surface area contributed by atoms with E-state index in [1.54, 1.807) is 35.2 Å². The van der Waals surface area contributed by atoms with Gasteiger partial charge in [-0.25, -0.2) is 12.8 Å². The number of halogens is 1. The number of carbonyl (C=O) groups excluding carboxylic acids is 1. The molecule has 0 spiro atoms. The molecule has 9 heteroatoms. The van der Waals surface area contributed by atoms with Gasteiger partial charge in [0.15, 0.2) is 0 Å². The molecule has 0 bridgehead atoms. The molecule has 0 radical (unpaired) electrons. The van der Waals surface area contributed by atoms with Gasteiger partial charge in [0.2, 0.25) is 15.9 Å². The summed E-state index contributed by atoms with van der Waals surface area (Å²) in [7, 11) is -2.40. The van der Waals surface area contributed by atoms with Crippen molar-refractivity contribution in [3.8, 4) is 5.75 Å². The van der Waals surface area contributed by atoms with Crippen LogP contribution in [0.4, 0.5) is 10.1 Å². The number of benzene rings is 3. The summed E-state index contributed by atoms with van der Waals surface area (Å²) in [6, 6.07) is 22.3.